The van der Waals surface area contributed by atoms with Crippen LogP contribution in [-0.4, -0.2) is 35.1 Å². The van der Waals surface area contributed by atoms with Gasteiger partial charge in [0.25, 0.3) is 5.91 Å². The fraction of sp³-hybridized carbons (Fsp3) is 0.389. The average molecular weight is 356 g/mol. The number of nitrogens with zero attached hydrogens (tertiary/aromatic N) is 3. The van der Waals surface area contributed by atoms with Crippen LogP contribution >= 0.6 is 0 Å². The maximum Gasteiger partial charge on any atom is 0.276 e. The number of hydrogen-bond acceptors (Lipinski definition) is 7. The first-order valence-corrected chi connectivity index (χ1v) is 8.75. The molecule has 2 heterocycles. The molecule has 26 heavy (non-hydrogen) atoms. The molecule has 3 rings (SSSR count). The number of nitrogens with one attached hydrogen (secondary N) is 2. The zero-order valence-electron chi connectivity index (χ0n) is 14.8. The molecule has 138 valence electrons. The quantitative estimate of drug-likeness (QED) is 0.679. The predicted octanol–water partition coefficient (Wildman–Crippen LogP) is 1.96. The number of aromatic nitrogens is 2. The fourth-order valence-electron chi connectivity index (χ4n) is 2.96. The Bertz CT molecular complexity index is 740. The summed E-state index contributed by atoms with van der Waals surface area (Å²) in [4.78, 5) is 22.6. The SMILES string of the molecule is CC1CCCCN1c1ncnc(NNC(=O)COc2ccccc2)c1N. The Labute approximate surface area is 152 Å². The number of rotatable bonds is 6. The summed E-state index contributed by atoms with van der Waals surface area (Å²) < 4.78 is 5.40. The van der Waals surface area contributed by atoms with E-state index in [4.69, 9.17) is 10.5 Å². The van der Waals surface area contributed by atoms with Gasteiger partial charge in [0.15, 0.2) is 18.2 Å². The first kappa shape index (κ1) is 17.8. The lowest BCUT2D eigenvalue weighted by Crippen LogP contribution is -2.39. The van der Waals surface area contributed by atoms with E-state index in [-0.39, 0.29) is 12.5 Å². The second-order valence-electron chi connectivity index (χ2n) is 6.27. The molecule has 1 atom stereocenters. The van der Waals surface area contributed by atoms with Gasteiger partial charge in [0.1, 0.15) is 17.8 Å². The highest BCUT2D eigenvalue weighted by Gasteiger charge is 2.23. The van der Waals surface area contributed by atoms with Crippen LogP contribution in [0.5, 0.6) is 5.75 Å². The highest BCUT2D eigenvalue weighted by atomic mass is 16.5. The molecule has 4 N–H and O–H groups in total. The molecule has 0 saturated carbocycles. The fourth-order valence-corrected chi connectivity index (χ4v) is 2.96. The highest BCUT2D eigenvalue weighted by Crippen LogP contribution is 2.30. The second kappa shape index (κ2) is 8.37. The van der Waals surface area contributed by atoms with Crippen LogP contribution in [-0.2, 0) is 4.79 Å². The monoisotopic (exact) mass is 356 g/mol. The lowest BCUT2D eigenvalue weighted by atomic mass is 10.0. The van der Waals surface area contributed by atoms with Crippen LogP contribution in [0.1, 0.15) is 26.2 Å². The Morgan fingerprint density at radius 1 is 1.31 bits per heavy atom. The molecular weight excluding hydrogens is 332 g/mol. The Hall–Kier alpha value is -3.03. The molecule has 1 aliphatic heterocycles. The van der Waals surface area contributed by atoms with Crippen molar-refractivity contribution < 1.29 is 9.53 Å². The number of anilines is 3. The summed E-state index contributed by atoms with van der Waals surface area (Å²) >= 11 is 0. The third kappa shape index (κ3) is 4.33. The maximum absolute atomic E-state index is 11.9. The number of hydrazine groups is 1. The first-order chi connectivity index (χ1) is 12.6. The van der Waals surface area contributed by atoms with E-state index in [2.05, 4.69) is 32.6 Å². The van der Waals surface area contributed by atoms with Gasteiger partial charge in [-0.2, -0.15) is 0 Å². The van der Waals surface area contributed by atoms with E-state index >= 15 is 0 Å². The number of benzene rings is 1. The number of hydrogen-bond donors (Lipinski definition) is 3. The number of carbonyl (C=O) groups is 1. The molecule has 0 radical (unpaired) electrons. The summed E-state index contributed by atoms with van der Waals surface area (Å²) in [6, 6.07) is 9.52. The van der Waals surface area contributed by atoms with Crippen LogP contribution in [0.25, 0.3) is 0 Å². The molecule has 1 aliphatic rings. The molecule has 1 fully saturated rings. The van der Waals surface area contributed by atoms with Crippen LogP contribution < -0.4 is 26.2 Å². The number of carbonyl (C=O) groups excluding carboxylic acids is 1. The summed E-state index contributed by atoms with van der Waals surface area (Å²) in [5.74, 6) is 1.37. The zero-order chi connectivity index (χ0) is 18.4. The normalized spacial score (nSPS) is 16.8. The average Bonchev–Trinajstić information content (AvgIpc) is 2.67. The van der Waals surface area contributed by atoms with Crippen molar-refractivity contribution >= 4 is 23.2 Å². The van der Waals surface area contributed by atoms with Gasteiger partial charge in [-0.15, -0.1) is 0 Å². The Kier molecular flexibility index (Phi) is 5.73. The van der Waals surface area contributed by atoms with Crippen LogP contribution in [0, 0.1) is 0 Å². The summed E-state index contributed by atoms with van der Waals surface area (Å²) in [6.45, 7) is 2.97. The molecule has 2 aromatic rings. The maximum atomic E-state index is 11.9. The van der Waals surface area contributed by atoms with E-state index in [0.29, 0.717) is 29.1 Å². The first-order valence-electron chi connectivity index (χ1n) is 8.75. The number of piperidine rings is 1. The summed E-state index contributed by atoms with van der Waals surface area (Å²) in [6.07, 6.45) is 4.89. The minimum absolute atomic E-state index is 0.113. The largest absolute Gasteiger partial charge is 0.484 e. The smallest absolute Gasteiger partial charge is 0.276 e. The third-order valence-corrected chi connectivity index (χ3v) is 4.37. The molecule has 8 nitrogen and oxygen atoms in total. The van der Waals surface area contributed by atoms with Crippen molar-refractivity contribution in [3.63, 3.8) is 0 Å². The van der Waals surface area contributed by atoms with Crippen molar-refractivity contribution in [2.45, 2.75) is 32.2 Å². The van der Waals surface area contributed by atoms with Crippen LogP contribution in [0.4, 0.5) is 17.3 Å². The van der Waals surface area contributed by atoms with Gasteiger partial charge in [-0.1, -0.05) is 18.2 Å². The third-order valence-electron chi connectivity index (χ3n) is 4.37. The van der Waals surface area contributed by atoms with E-state index in [1.54, 1.807) is 12.1 Å². The lowest BCUT2D eigenvalue weighted by molar-refractivity contribution is -0.122. The van der Waals surface area contributed by atoms with Crippen molar-refractivity contribution in [1.29, 1.82) is 0 Å². The summed E-state index contributed by atoms with van der Waals surface area (Å²) in [5, 5.41) is 0. The molecule has 0 bridgehead atoms. The molecule has 1 aromatic carbocycles. The lowest BCUT2D eigenvalue weighted by Gasteiger charge is -2.35. The summed E-state index contributed by atoms with van der Waals surface area (Å²) in [5.41, 5.74) is 11.9. The van der Waals surface area contributed by atoms with Crippen molar-refractivity contribution in [2.24, 2.45) is 0 Å². The molecule has 1 amide bonds. The number of amides is 1. The van der Waals surface area contributed by atoms with Crippen LogP contribution in [0.15, 0.2) is 36.7 Å². The van der Waals surface area contributed by atoms with Crippen molar-refractivity contribution in [3.05, 3.63) is 36.7 Å². The van der Waals surface area contributed by atoms with Crippen LogP contribution in [0.3, 0.4) is 0 Å². The number of nitrogen functional groups attached to an aromatic ring is 1. The number of ether oxygens (including phenoxy) is 1. The Morgan fingerprint density at radius 3 is 2.88 bits per heavy atom. The number of para-hydroxylation sites is 1. The zero-order valence-corrected chi connectivity index (χ0v) is 14.8. The van der Waals surface area contributed by atoms with Gasteiger partial charge in [-0.05, 0) is 38.3 Å². The van der Waals surface area contributed by atoms with Gasteiger partial charge < -0.3 is 15.4 Å². The van der Waals surface area contributed by atoms with Gasteiger partial charge in [0.2, 0.25) is 0 Å². The van der Waals surface area contributed by atoms with E-state index < -0.39 is 0 Å². The van der Waals surface area contributed by atoms with Gasteiger partial charge >= 0.3 is 0 Å². The van der Waals surface area contributed by atoms with Crippen molar-refractivity contribution in [2.75, 3.05) is 29.2 Å². The van der Waals surface area contributed by atoms with Gasteiger partial charge in [-0.25, -0.2) is 9.97 Å². The molecule has 0 aliphatic carbocycles. The van der Waals surface area contributed by atoms with Crippen LogP contribution in [0.2, 0.25) is 0 Å². The molecular formula is C18H24N6O2. The summed E-state index contributed by atoms with van der Waals surface area (Å²) in [7, 11) is 0. The molecule has 8 heteroatoms. The minimum atomic E-state index is -0.334. The van der Waals surface area contributed by atoms with Crippen molar-refractivity contribution in [3.8, 4) is 5.75 Å². The second-order valence-corrected chi connectivity index (χ2v) is 6.27. The highest BCUT2D eigenvalue weighted by molar-refractivity contribution is 5.81. The van der Waals surface area contributed by atoms with Gasteiger partial charge in [-0.3, -0.25) is 15.6 Å². The Balaban J connectivity index is 1.58. The van der Waals surface area contributed by atoms with E-state index in [0.717, 1.165) is 19.4 Å². The van der Waals surface area contributed by atoms with Crippen molar-refractivity contribution in [1.82, 2.24) is 15.4 Å². The molecule has 1 aromatic heterocycles. The van der Waals surface area contributed by atoms with Gasteiger partial charge in [0, 0.05) is 12.6 Å². The molecule has 1 saturated heterocycles. The van der Waals surface area contributed by atoms with Gasteiger partial charge in [0.05, 0.1) is 0 Å². The van der Waals surface area contributed by atoms with E-state index in [1.165, 1.54) is 12.7 Å². The molecule has 0 spiro atoms. The molecule has 1 unspecified atom stereocenters. The van der Waals surface area contributed by atoms with E-state index in [9.17, 15) is 4.79 Å². The standard InChI is InChI=1S/C18H24N6O2/c1-13-7-5-6-10-24(13)18-16(19)17(20-12-21-18)23-22-15(25)11-26-14-8-3-2-4-9-14/h2-4,8-9,12-13H,5-7,10-11,19H2,1H3,(H,22,25)(H,20,21,23). The Morgan fingerprint density at radius 2 is 2.12 bits per heavy atom. The predicted molar refractivity (Wildman–Crippen MR) is 101 cm³/mol. The topological polar surface area (TPSA) is 105 Å². The minimum Gasteiger partial charge on any atom is -0.484 e. The number of nitrogens with two attached hydrogens (primary N) is 1. The van der Waals surface area contributed by atoms with E-state index in [1.807, 2.05) is 18.2 Å².